The molecule has 0 heterocycles. The molecular formula is C17H18FOP. The van der Waals surface area contributed by atoms with Crippen molar-refractivity contribution >= 4 is 23.2 Å². The maximum absolute atomic E-state index is 13.9. The topological polar surface area (TPSA) is 17.1 Å². The smallest absolute Gasteiger partial charge is 0.139 e. The third kappa shape index (κ3) is 2.51. The molecule has 0 saturated heterocycles. The summed E-state index contributed by atoms with van der Waals surface area (Å²) in [5, 5.41) is 2.42. The molecule has 0 aromatic heterocycles. The maximum atomic E-state index is 13.9. The minimum Gasteiger partial charge on any atom is -0.319 e. The van der Waals surface area contributed by atoms with Gasteiger partial charge in [-0.25, -0.2) is 4.39 Å². The van der Waals surface area contributed by atoms with E-state index in [4.69, 9.17) is 6.42 Å². The average Bonchev–Trinajstić information content (AvgIpc) is 2.36. The number of benzene rings is 2. The van der Waals surface area contributed by atoms with Gasteiger partial charge in [-0.15, -0.1) is 6.42 Å². The molecule has 0 aliphatic heterocycles. The second-order valence-corrected chi connectivity index (χ2v) is 8.92. The van der Waals surface area contributed by atoms with E-state index in [0.29, 0.717) is 5.56 Å². The van der Waals surface area contributed by atoms with Crippen LogP contribution in [0.5, 0.6) is 0 Å². The molecule has 0 unspecified atom stereocenters. The van der Waals surface area contributed by atoms with Crippen molar-refractivity contribution in [2.45, 2.75) is 19.8 Å². The lowest BCUT2D eigenvalue weighted by atomic mass is 9.92. The third-order valence-electron chi connectivity index (χ3n) is 3.47. The van der Waals surface area contributed by atoms with Crippen molar-refractivity contribution in [2.75, 3.05) is 13.3 Å². The largest absolute Gasteiger partial charge is 0.319 e. The molecule has 2 aromatic rings. The molecule has 104 valence electrons. The first-order chi connectivity index (χ1) is 9.25. The SMILES string of the molecule is C#Cc1c(F)ccc2cc(P(C)(C)=O)cc(C(C)C)c12. The molecule has 0 fully saturated rings. The van der Waals surface area contributed by atoms with Gasteiger partial charge in [0, 0.05) is 10.7 Å². The molecule has 2 aromatic carbocycles. The highest BCUT2D eigenvalue weighted by atomic mass is 31.2. The summed E-state index contributed by atoms with van der Waals surface area (Å²) in [6.45, 7) is 7.54. The molecule has 3 heteroatoms. The van der Waals surface area contributed by atoms with E-state index in [9.17, 15) is 8.96 Å². The van der Waals surface area contributed by atoms with Gasteiger partial charge in [-0.05, 0) is 48.4 Å². The van der Waals surface area contributed by atoms with Crippen LogP contribution in [-0.2, 0) is 4.57 Å². The Hall–Kier alpha value is -1.58. The van der Waals surface area contributed by atoms with Crippen LogP contribution in [0.2, 0.25) is 0 Å². The summed E-state index contributed by atoms with van der Waals surface area (Å²) in [6, 6.07) is 6.86. The molecule has 0 amide bonds. The van der Waals surface area contributed by atoms with E-state index in [0.717, 1.165) is 21.6 Å². The van der Waals surface area contributed by atoms with Crippen LogP contribution in [0.25, 0.3) is 10.8 Å². The number of fused-ring (bicyclic) bond motifs is 1. The Balaban J connectivity index is 2.98. The van der Waals surface area contributed by atoms with Crippen LogP contribution in [0.4, 0.5) is 4.39 Å². The van der Waals surface area contributed by atoms with Gasteiger partial charge < -0.3 is 4.57 Å². The first-order valence-corrected chi connectivity index (χ1v) is 9.14. The van der Waals surface area contributed by atoms with Gasteiger partial charge in [-0.1, -0.05) is 25.8 Å². The highest BCUT2D eigenvalue weighted by Gasteiger charge is 2.18. The van der Waals surface area contributed by atoms with E-state index in [-0.39, 0.29) is 11.7 Å². The van der Waals surface area contributed by atoms with Gasteiger partial charge in [0.15, 0.2) is 0 Å². The molecule has 0 aliphatic carbocycles. The summed E-state index contributed by atoms with van der Waals surface area (Å²) in [5.41, 5.74) is 1.24. The van der Waals surface area contributed by atoms with Crippen LogP contribution in [-0.4, -0.2) is 13.3 Å². The van der Waals surface area contributed by atoms with Gasteiger partial charge in [-0.3, -0.25) is 0 Å². The Kier molecular flexibility index (Phi) is 3.76. The molecule has 20 heavy (non-hydrogen) atoms. The molecule has 0 N–H and O–H groups in total. The Labute approximate surface area is 119 Å². The van der Waals surface area contributed by atoms with Gasteiger partial charge in [0.25, 0.3) is 0 Å². The highest BCUT2D eigenvalue weighted by Crippen LogP contribution is 2.38. The molecule has 0 aliphatic rings. The molecular weight excluding hydrogens is 270 g/mol. The van der Waals surface area contributed by atoms with E-state index in [1.54, 1.807) is 19.4 Å². The molecule has 0 bridgehead atoms. The zero-order valence-corrected chi connectivity index (χ0v) is 13.1. The molecule has 0 radical (unpaired) electrons. The van der Waals surface area contributed by atoms with Crippen molar-refractivity contribution < 1.29 is 8.96 Å². The van der Waals surface area contributed by atoms with Gasteiger partial charge in [0.05, 0.1) is 5.56 Å². The number of rotatable bonds is 2. The van der Waals surface area contributed by atoms with Gasteiger partial charge in [-0.2, -0.15) is 0 Å². The van der Waals surface area contributed by atoms with Crippen LogP contribution in [0, 0.1) is 18.2 Å². The number of hydrogen-bond acceptors (Lipinski definition) is 1. The van der Waals surface area contributed by atoms with Crippen LogP contribution < -0.4 is 5.30 Å². The van der Waals surface area contributed by atoms with Crippen LogP contribution in [0.15, 0.2) is 24.3 Å². The van der Waals surface area contributed by atoms with Gasteiger partial charge in [0.2, 0.25) is 0 Å². The maximum Gasteiger partial charge on any atom is 0.139 e. The van der Waals surface area contributed by atoms with Crippen molar-refractivity contribution in [1.82, 2.24) is 0 Å². The molecule has 0 saturated carbocycles. The molecule has 2 rings (SSSR count). The summed E-state index contributed by atoms with van der Waals surface area (Å²) < 4.78 is 26.2. The van der Waals surface area contributed by atoms with Crippen molar-refractivity contribution in [2.24, 2.45) is 0 Å². The molecule has 1 nitrogen and oxygen atoms in total. The van der Waals surface area contributed by atoms with E-state index in [1.807, 2.05) is 26.0 Å². The minimum atomic E-state index is -2.37. The fourth-order valence-electron chi connectivity index (χ4n) is 2.36. The average molecular weight is 288 g/mol. The second-order valence-electron chi connectivity index (χ2n) is 5.71. The standard InChI is InChI=1S/C17H18FOP/c1-6-14-16(18)8-7-12-9-13(20(4,5)19)10-15(11(2)3)17(12)14/h1,7-11H,2-5H3. The number of halogens is 1. The Morgan fingerprint density at radius 2 is 1.90 bits per heavy atom. The van der Waals surface area contributed by atoms with Crippen molar-refractivity contribution in [3.8, 4) is 12.3 Å². The van der Waals surface area contributed by atoms with E-state index < -0.39 is 7.14 Å². The van der Waals surface area contributed by atoms with Crippen LogP contribution >= 0.6 is 7.14 Å². The summed E-state index contributed by atoms with van der Waals surface area (Å²) in [5.74, 6) is 2.24. The predicted molar refractivity (Wildman–Crippen MR) is 85.0 cm³/mol. The predicted octanol–water partition coefficient (Wildman–Crippen LogP) is 4.33. The fourth-order valence-corrected chi connectivity index (χ4v) is 3.26. The summed E-state index contributed by atoms with van der Waals surface area (Å²) in [7, 11) is -2.37. The highest BCUT2D eigenvalue weighted by molar-refractivity contribution is 7.70. The van der Waals surface area contributed by atoms with Crippen LogP contribution in [0.3, 0.4) is 0 Å². The zero-order chi connectivity index (χ0) is 15.1. The summed E-state index contributed by atoms with van der Waals surface area (Å²) >= 11 is 0. The minimum absolute atomic E-state index is 0.179. The Bertz CT molecular complexity index is 763. The normalized spacial score (nSPS) is 11.8. The lowest BCUT2D eigenvalue weighted by molar-refractivity contribution is 0.588. The van der Waals surface area contributed by atoms with E-state index in [2.05, 4.69) is 5.92 Å². The van der Waals surface area contributed by atoms with E-state index >= 15 is 0 Å². The lowest BCUT2D eigenvalue weighted by Crippen LogP contribution is -2.07. The molecule has 0 atom stereocenters. The third-order valence-corrected chi connectivity index (χ3v) is 4.97. The summed E-state index contributed by atoms with van der Waals surface area (Å²) in [6.07, 6.45) is 5.46. The van der Waals surface area contributed by atoms with E-state index in [1.165, 1.54) is 6.07 Å². The quantitative estimate of drug-likeness (QED) is 0.593. The summed E-state index contributed by atoms with van der Waals surface area (Å²) in [4.78, 5) is 0. The zero-order valence-electron chi connectivity index (χ0n) is 12.2. The Morgan fingerprint density at radius 1 is 1.25 bits per heavy atom. The number of hydrogen-bond donors (Lipinski definition) is 0. The Morgan fingerprint density at radius 3 is 2.40 bits per heavy atom. The first kappa shape index (κ1) is 14.8. The lowest BCUT2D eigenvalue weighted by Gasteiger charge is -2.17. The van der Waals surface area contributed by atoms with Gasteiger partial charge in [0.1, 0.15) is 13.0 Å². The van der Waals surface area contributed by atoms with Crippen molar-refractivity contribution in [3.05, 3.63) is 41.2 Å². The first-order valence-electron chi connectivity index (χ1n) is 6.54. The monoisotopic (exact) mass is 288 g/mol. The fraction of sp³-hybridized carbons (Fsp3) is 0.294. The second kappa shape index (κ2) is 5.08. The molecule has 0 spiro atoms. The number of terminal acetylenes is 1. The van der Waals surface area contributed by atoms with Crippen molar-refractivity contribution in [1.29, 1.82) is 0 Å². The van der Waals surface area contributed by atoms with Gasteiger partial charge >= 0.3 is 0 Å². The van der Waals surface area contributed by atoms with Crippen LogP contribution in [0.1, 0.15) is 30.9 Å². The van der Waals surface area contributed by atoms with Crippen molar-refractivity contribution in [3.63, 3.8) is 0 Å².